The molecule has 4 heteroatoms. The van der Waals surface area contributed by atoms with Gasteiger partial charge >= 0.3 is 0 Å². The fourth-order valence-electron chi connectivity index (χ4n) is 2.37. The van der Waals surface area contributed by atoms with Gasteiger partial charge in [-0.15, -0.1) is 0 Å². The molecule has 0 spiro atoms. The third kappa shape index (κ3) is 3.48. The Bertz CT molecular complexity index is 766. The third-order valence-electron chi connectivity index (χ3n) is 3.62. The van der Waals surface area contributed by atoms with Crippen molar-refractivity contribution in [2.75, 3.05) is 6.54 Å². The molecule has 4 nitrogen and oxygen atoms in total. The number of rotatable bonds is 5. The van der Waals surface area contributed by atoms with Crippen LogP contribution in [0, 0.1) is 0 Å². The van der Waals surface area contributed by atoms with E-state index >= 15 is 0 Å². The second-order valence-corrected chi connectivity index (χ2v) is 5.20. The van der Waals surface area contributed by atoms with E-state index in [0.717, 1.165) is 11.1 Å². The maximum Gasteiger partial charge on any atom is 0.291 e. The zero-order chi connectivity index (χ0) is 16.1. The molecule has 2 aromatic carbocycles. The Labute approximate surface area is 135 Å². The minimum Gasteiger partial charge on any atom is -0.431 e. The van der Waals surface area contributed by atoms with Gasteiger partial charge < -0.3 is 9.32 Å². The van der Waals surface area contributed by atoms with Gasteiger partial charge in [-0.3, -0.25) is 4.79 Å². The van der Waals surface area contributed by atoms with Crippen molar-refractivity contribution in [3.63, 3.8) is 0 Å². The second-order valence-electron chi connectivity index (χ2n) is 5.20. The van der Waals surface area contributed by atoms with Gasteiger partial charge in [0.2, 0.25) is 11.7 Å². The number of carbonyl (C=O) groups is 1. The van der Waals surface area contributed by atoms with Crippen molar-refractivity contribution in [1.29, 1.82) is 0 Å². The predicted molar refractivity (Wildman–Crippen MR) is 88.8 cm³/mol. The number of hydrogen-bond acceptors (Lipinski definition) is 3. The minimum atomic E-state index is -0.147. The first-order chi connectivity index (χ1) is 11.3. The molecule has 1 aromatic heterocycles. The van der Waals surface area contributed by atoms with Gasteiger partial charge in [-0.2, -0.15) is 0 Å². The van der Waals surface area contributed by atoms with E-state index in [0.29, 0.717) is 19.0 Å². The summed E-state index contributed by atoms with van der Waals surface area (Å²) < 4.78 is 5.65. The van der Waals surface area contributed by atoms with Gasteiger partial charge in [0.1, 0.15) is 0 Å². The molecule has 0 radical (unpaired) electrons. The zero-order valence-corrected chi connectivity index (χ0v) is 13.0. The molecular formula is C19H18N2O2. The van der Waals surface area contributed by atoms with E-state index < -0.39 is 0 Å². The summed E-state index contributed by atoms with van der Waals surface area (Å²) >= 11 is 0. The minimum absolute atomic E-state index is 0.147. The average molecular weight is 306 g/mol. The molecule has 3 aromatic rings. The first-order valence-electron chi connectivity index (χ1n) is 7.62. The average Bonchev–Trinajstić information content (AvgIpc) is 3.11. The maximum absolute atomic E-state index is 12.6. The van der Waals surface area contributed by atoms with Gasteiger partial charge in [0.15, 0.2) is 0 Å². The summed E-state index contributed by atoms with van der Waals surface area (Å²) in [6, 6.07) is 19.5. The van der Waals surface area contributed by atoms with Crippen LogP contribution in [0.15, 0.2) is 71.3 Å². The van der Waals surface area contributed by atoms with Crippen LogP contribution in [0.3, 0.4) is 0 Å². The topological polar surface area (TPSA) is 46.3 Å². The normalized spacial score (nSPS) is 10.5. The number of nitrogens with zero attached hydrogens (tertiary/aromatic N) is 2. The fourth-order valence-corrected chi connectivity index (χ4v) is 2.37. The van der Waals surface area contributed by atoms with Crippen LogP contribution in [0.1, 0.15) is 23.0 Å². The molecule has 0 fully saturated rings. The Kier molecular flexibility index (Phi) is 4.52. The van der Waals surface area contributed by atoms with Crippen molar-refractivity contribution >= 4 is 5.91 Å². The summed E-state index contributed by atoms with van der Waals surface area (Å²) in [5.41, 5.74) is 1.95. The zero-order valence-electron chi connectivity index (χ0n) is 13.0. The summed E-state index contributed by atoms with van der Waals surface area (Å²) in [4.78, 5) is 18.6. The number of aromatic nitrogens is 1. The van der Waals surface area contributed by atoms with Crippen molar-refractivity contribution in [2.24, 2.45) is 0 Å². The van der Waals surface area contributed by atoms with Crippen molar-refractivity contribution in [2.45, 2.75) is 13.5 Å². The molecule has 1 heterocycles. The number of carbonyl (C=O) groups excluding carboxylic acids is 1. The quantitative estimate of drug-likeness (QED) is 0.715. The molecule has 0 unspecified atom stereocenters. The van der Waals surface area contributed by atoms with Crippen LogP contribution in [0.5, 0.6) is 0 Å². The van der Waals surface area contributed by atoms with Gasteiger partial charge in [0.25, 0.3) is 5.91 Å². The van der Waals surface area contributed by atoms with Gasteiger partial charge in [-0.05, 0) is 24.6 Å². The van der Waals surface area contributed by atoms with E-state index in [1.807, 2.05) is 67.6 Å². The molecule has 0 aliphatic heterocycles. The van der Waals surface area contributed by atoms with Crippen LogP contribution >= 0.6 is 0 Å². The van der Waals surface area contributed by atoms with Crippen LogP contribution in [-0.2, 0) is 6.54 Å². The van der Waals surface area contributed by atoms with Crippen molar-refractivity contribution in [3.05, 3.63) is 78.2 Å². The Morgan fingerprint density at radius 1 is 1.04 bits per heavy atom. The second kappa shape index (κ2) is 6.92. The van der Waals surface area contributed by atoms with Crippen molar-refractivity contribution < 1.29 is 9.21 Å². The monoisotopic (exact) mass is 306 g/mol. The SMILES string of the molecule is CCN(Cc1ccccc1)C(=O)c1cnc(-c2ccccc2)o1. The van der Waals surface area contributed by atoms with Crippen LogP contribution in [-0.4, -0.2) is 22.3 Å². The Hall–Kier alpha value is -2.88. The predicted octanol–water partition coefficient (Wildman–Crippen LogP) is 4.00. The van der Waals surface area contributed by atoms with Crippen LogP contribution in [0.2, 0.25) is 0 Å². The summed E-state index contributed by atoms with van der Waals surface area (Å²) in [5, 5.41) is 0. The van der Waals surface area contributed by atoms with Crippen LogP contribution < -0.4 is 0 Å². The number of benzene rings is 2. The summed E-state index contributed by atoms with van der Waals surface area (Å²) in [5.74, 6) is 0.581. The van der Waals surface area contributed by atoms with Gasteiger partial charge in [-0.1, -0.05) is 48.5 Å². The smallest absolute Gasteiger partial charge is 0.291 e. The van der Waals surface area contributed by atoms with Gasteiger partial charge in [0, 0.05) is 18.7 Å². The van der Waals surface area contributed by atoms with Gasteiger partial charge in [0.05, 0.1) is 6.20 Å². The largest absolute Gasteiger partial charge is 0.431 e. The molecule has 23 heavy (non-hydrogen) atoms. The molecule has 3 rings (SSSR count). The highest BCUT2D eigenvalue weighted by atomic mass is 16.4. The molecule has 116 valence electrons. The Morgan fingerprint density at radius 2 is 1.70 bits per heavy atom. The molecular weight excluding hydrogens is 288 g/mol. The van der Waals surface area contributed by atoms with E-state index in [-0.39, 0.29) is 11.7 Å². The van der Waals surface area contributed by atoms with Crippen molar-refractivity contribution in [1.82, 2.24) is 9.88 Å². The maximum atomic E-state index is 12.6. The Morgan fingerprint density at radius 3 is 2.35 bits per heavy atom. The van der Waals surface area contributed by atoms with E-state index in [1.165, 1.54) is 6.20 Å². The highest BCUT2D eigenvalue weighted by molar-refractivity contribution is 5.91. The summed E-state index contributed by atoms with van der Waals surface area (Å²) in [6.07, 6.45) is 1.50. The molecule has 0 atom stereocenters. The highest BCUT2D eigenvalue weighted by Gasteiger charge is 2.19. The summed E-state index contributed by atoms with van der Waals surface area (Å²) in [7, 11) is 0. The lowest BCUT2D eigenvalue weighted by Crippen LogP contribution is -2.29. The summed E-state index contributed by atoms with van der Waals surface area (Å²) in [6.45, 7) is 3.11. The fraction of sp³-hybridized carbons (Fsp3) is 0.158. The highest BCUT2D eigenvalue weighted by Crippen LogP contribution is 2.20. The standard InChI is InChI=1S/C19H18N2O2/c1-2-21(14-15-9-5-3-6-10-15)19(22)17-13-20-18(23-17)16-11-7-4-8-12-16/h3-13H,2,14H2,1H3. The molecule has 0 N–H and O–H groups in total. The van der Waals surface area contributed by atoms with Crippen LogP contribution in [0.4, 0.5) is 0 Å². The van der Waals surface area contributed by atoms with Crippen LogP contribution in [0.25, 0.3) is 11.5 Å². The number of hydrogen-bond donors (Lipinski definition) is 0. The van der Waals surface area contributed by atoms with E-state index in [4.69, 9.17) is 4.42 Å². The third-order valence-corrected chi connectivity index (χ3v) is 3.62. The lowest BCUT2D eigenvalue weighted by molar-refractivity contribution is 0.0721. The van der Waals surface area contributed by atoms with E-state index in [1.54, 1.807) is 4.90 Å². The van der Waals surface area contributed by atoms with Crippen molar-refractivity contribution in [3.8, 4) is 11.5 Å². The molecule has 0 aliphatic carbocycles. The van der Waals surface area contributed by atoms with E-state index in [2.05, 4.69) is 4.98 Å². The first-order valence-corrected chi connectivity index (χ1v) is 7.62. The molecule has 1 amide bonds. The molecule has 0 saturated carbocycles. The first kappa shape index (κ1) is 15.0. The molecule has 0 aliphatic rings. The number of amides is 1. The molecule has 0 saturated heterocycles. The lowest BCUT2D eigenvalue weighted by Gasteiger charge is -2.19. The lowest BCUT2D eigenvalue weighted by atomic mass is 10.2. The van der Waals surface area contributed by atoms with Gasteiger partial charge in [-0.25, -0.2) is 4.98 Å². The Balaban J connectivity index is 1.78. The number of oxazole rings is 1. The van der Waals surface area contributed by atoms with E-state index in [9.17, 15) is 4.79 Å². The molecule has 0 bridgehead atoms.